The molecule has 1 aliphatic heterocycles. The molecule has 1 heterocycles. The molecule has 3 unspecified atom stereocenters. The van der Waals surface area contributed by atoms with Crippen molar-refractivity contribution in [2.45, 2.75) is 108 Å². The van der Waals surface area contributed by atoms with Crippen LogP contribution in [0.3, 0.4) is 0 Å². The first kappa shape index (κ1) is 32.2. The molecular weight excluding hydrogens is 536 g/mol. The number of aldehydes is 1. The highest BCUT2D eigenvalue weighted by molar-refractivity contribution is 5.82. The van der Waals surface area contributed by atoms with Gasteiger partial charge >= 0.3 is 0 Å². The molecule has 3 N–H and O–H groups in total. The number of piperidine rings is 1. The van der Waals surface area contributed by atoms with Crippen LogP contribution in [0.5, 0.6) is 0 Å². The van der Waals surface area contributed by atoms with Gasteiger partial charge in [-0.25, -0.2) is 8.78 Å². The molecule has 4 rings (SSSR count). The number of nitrogens with one attached hydrogen (secondary N) is 2. The van der Waals surface area contributed by atoms with Gasteiger partial charge in [-0.1, -0.05) is 70.7 Å². The topological polar surface area (TPSA) is 81.7 Å². The van der Waals surface area contributed by atoms with Crippen LogP contribution in [0.15, 0.2) is 42.5 Å². The van der Waals surface area contributed by atoms with Crippen LogP contribution in [0.25, 0.3) is 0 Å². The number of aliphatic hydroxyl groups excluding tert-OH is 1. The van der Waals surface area contributed by atoms with Crippen LogP contribution >= 0.6 is 0 Å². The standard InChI is InChI=1S/C34H47F2N3O3/c1-33(2,3)25-10-9-11-26(21-25)34(13-6-4-7-14-34)37-23-31(41)29(20-24-18-27(35)22-28(36)19-24)38-32(42)30-12-5-8-15-39(30)16-17-40/h9-11,17-19,21-22,29-31,37,41H,4-8,12-16,20,23H2,1-3H3,(H,38,42). The lowest BCUT2D eigenvalue weighted by Gasteiger charge is -2.41. The minimum absolute atomic E-state index is 0.00214. The average molecular weight is 584 g/mol. The van der Waals surface area contributed by atoms with Crippen LogP contribution < -0.4 is 10.6 Å². The van der Waals surface area contributed by atoms with Crippen LogP contribution in [0.4, 0.5) is 8.78 Å². The number of carbonyl (C=O) groups excluding carboxylic acids is 2. The van der Waals surface area contributed by atoms with E-state index in [9.17, 15) is 23.5 Å². The van der Waals surface area contributed by atoms with Crippen molar-refractivity contribution < 1.29 is 23.5 Å². The van der Waals surface area contributed by atoms with Crippen molar-refractivity contribution in [2.75, 3.05) is 19.6 Å². The number of hydrogen-bond donors (Lipinski definition) is 3. The fourth-order valence-electron chi connectivity index (χ4n) is 6.60. The monoisotopic (exact) mass is 583 g/mol. The quantitative estimate of drug-likeness (QED) is 0.319. The molecule has 2 aromatic carbocycles. The van der Waals surface area contributed by atoms with Gasteiger partial charge in [0.15, 0.2) is 0 Å². The zero-order valence-corrected chi connectivity index (χ0v) is 25.3. The summed E-state index contributed by atoms with van der Waals surface area (Å²) in [5, 5.41) is 18.3. The lowest BCUT2D eigenvalue weighted by atomic mass is 9.74. The van der Waals surface area contributed by atoms with Gasteiger partial charge in [0.1, 0.15) is 17.9 Å². The van der Waals surface area contributed by atoms with Gasteiger partial charge in [0.25, 0.3) is 0 Å². The van der Waals surface area contributed by atoms with E-state index in [1.54, 1.807) is 0 Å². The van der Waals surface area contributed by atoms with Crippen LogP contribution in [0.1, 0.15) is 88.8 Å². The molecule has 8 heteroatoms. The van der Waals surface area contributed by atoms with Crippen LogP contribution in [-0.2, 0) is 27.0 Å². The van der Waals surface area contributed by atoms with Gasteiger partial charge in [-0.2, -0.15) is 0 Å². The minimum atomic E-state index is -1.02. The van der Waals surface area contributed by atoms with Crippen molar-refractivity contribution in [3.63, 3.8) is 0 Å². The van der Waals surface area contributed by atoms with Crippen molar-refractivity contribution in [2.24, 2.45) is 0 Å². The molecule has 6 nitrogen and oxygen atoms in total. The number of halogens is 2. The number of hydrogen-bond acceptors (Lipinski definition) is 5. The molecule has 2 aromatic rings. The first-order chi connectivity index (χ1) is 20.0. The Morgan fingerprint density at radius 1 is 1.07 bits per heavy atom. The number of benzene rings is 2. The van der Waals surface area contributed by atoms with Gasteiger partial charge in [0.2, 0.25) is 5.91 Å². The summed E-state index contributed by atoms with van der Waals surface area (Å²) in [6.45, 7) is 7.60. The number of amides is 1. The van der Waals surface area contributed by atoms with Crippen molar-refractivity contribution in [3.05, 3.63) is 70.8 Å². The summed E-state index contributed by atoms with van der Waals surface area (Å²) in [5.74, 6) is -1.68. The molecule has 2 aliphatic rings. The van der Waals surface area contributed by atoms with E-state index >= 15 is 0 Å². The Labute approximate surface area is 249 Å². The number of carbonyl (C=O) groups is 2. The Morgan fingerprint density at radius 2 is 1.79 bits per heavy atom. The van der Waals surface area contributed by atoms with E-state index in [0.717, 1.165) is 57.3 Å². The lowest BCUT2D eigenvalue weighted by Crippen LogP contribution is -2.57. The lowest BCUT2D eigenvalue weighted by molar-refractivity contribution is -0.129. The highest BCUT2D eigenvalue weighted by Crippen LogP contribution is 2.38. The second-order valence-corrected chi connectivity index (χ2v) is 13.2. The molecule has 1 aliphatic carbocycles. The maximum atomic E-state index is 14.1. The molecule has 3 atom stereocenters. The predicted molar refractivity (Wildman–Crippen MR) is 161 cm³/mol. The van der Waals surface area contributed by atoms with Gasteiger partial charge < -0.3 is 20.5 Å². The largest absolute Gasteiger partial charge is 0.390 e. The highest BCUT2D eigenvalue weighted by atomic mass is 19.1. The fraction of sp³-hybridized carbons (Fsp3) is 0.588. The molecule has 2 fully saturated rings. The number of rotatable bonds is 11. The summed E-state index contributed by atoms with van der Waals surface area (Å²) in [6.07, 6.45) is 7.40. The molecular formula is C34H47F2N3O3. The maximum absolute atomic E-state index is 14.1. The Kier molecular flexibility index (Phi) is 10.9. The third kappa shape index (κ3) is 8.23. The Balaban J connectivity index is 1.56. The Bertz CT molecular complexity index is 1190. The third-order valence-electron chi connectivity index (χ3n) is 9.03. The number of aliphatic hydroxyl groups is 1. The first-order valence-electron chi connectivity index (χ1n) is 15.5. The molecule has 0 radical (unpaired) electrons. The third-order valence-corrected chi connectivity index (χ3v) is 9.03. The SMILES string of the molecule is CC(C)(C)c1cccc(C2(NCC(O)C(Cc3cc(F)cc(F)c3)NC(=O)C3CCCCN3CC=O)CCCCC2)c1. The smallest absolute Gasteiger partial charge is 0.237 e. The van der Waals surface area contributed by atoms with E-state index in [4.69, 9.17) is 0 Å². The van der Waals surface area contributed by atoms with Crippen LogP contribution in [-0.4, -0.2) is 60.0 Å². The molecule has 1 saturated heterocycles. The summed E-state index contributed by atoms with van der Waals surface area (Å²) in [6, 6.07) is 10.7. The summed E-state index contributed by atoms with van der Waals surface area (Å²) in [5.41, 5.74) is 2.48. The second-order valence-electron chi connectivity index (χ2n) is 13.2. The van der Waals surface area contributed by atoms with E-state index in [-0.39, 0.29) is 36.4 Å². The maximum Gasteiger partial charge on any atom is 0.237 e. The summed E-state index contributed by atoms with van der Waals surface area (Å²) < 4.78 is 28.1. The van der Waals surface area contributed by atoms with E-state index in [2.05, 4.69) is 55.7 Å². The van der Waals surface area contributed by atoms with Crippen molar-refractivity contribution in [3.8, 4) is 0 Å². The van der Waals surface area contributed by atoms with Crippen LogP contribution in [0.2, 0.25) is 0 Å². The average Bonchev–Trinajstić information content (AvgIpc) is 2.95. The van der Waals surface area contributed by atoms with Gasteiger partial charge in [-0.15, -0.1) is 0 Å². The number of nitrogens with zero attached hydrogens (tertiary/aromatic N) is 1. The Morgan fingerprint density at radius 3 is 2.45 bits per heavy atom. The van der Waals surface area contributed by atoms with E-state index < -0.39 is 29.8 Å². The first-order valence-corrected chi connectivity index (χ1v) is 15.5. The second kappa shape index (κ2) is 14.2. The van der Waals surface area contributed by atoms with Crippen molar-refractivity contribution in [1.29, 1.82) is 0 Å². The summed E-state index contributed by atoms with van der Waals surface area (Å²) >= 11 is 0. The van der Waals surface area contributed by atoms with E-state index in [0.29, 0.717) is 18.5 Å². The van der Waals surface area contributed by atoms with Crippen LogP contribution in [0, 0.1) is 11.6 Å². The predicted octanol–water partition coefficient (Wildman–Crippen LogP) is 5.15. The number of likely N-dealkylation sites (tertiary alicyclic amines) is 1. The normalized spacial score (nSPS) is 21.0. The molecule has 42 heavy (non-hydrogen) atoms. The fourth-order valence-corrected chi connectivity index (χ4v) is 6.60. The van der Waals surface area contributed by atoms with E-state index in [1.807, 2.05) is 4.90 Å². The van der Waals surface area contributed by atoms with Gasteiger partial charge in [-0.05, 0) is 72.9 Å². The molecule has 1 saturated carbocycles. The molecule has 0 aromatic heterocycles. The van der Waals surface area contributed by atoms with Gasteiger partial charge in [0, 0.05) is 18.2 Å². The zero-order valence-electron chi connectivity index (χ0n) is 25.3. The molecule has 230 valence electrons. The molecule has 0 bridgehead atoms. The van der Waals surface area contributed by atoms with E-state index in [1.165, 1.54) is 23.3 Å². The highest BCUT2D eigenvalue weighted by Gasteiger charge is 2.36. The summed E-state index contributed by atoms with van der Waals surface area (Å²) in [4.78, 5) is 26.6. The molecule has 0 spiro atoms. The molecule has 1 amide bonds. The van der Waals surface area contributed by atoms with Gasteiger partial charge in [-0.3, -0.25) is 9.69 Å². The van der Waals surface area contributed by atoms with Crippen molar-refractivity contribution >= 4 is 12.2 Å². The minimum Gasteiger partial charge on any atom is -0.390 e. The Hall–Kier alpha value is -2.68. The van der Waals surface area contributed by atoms with Gasteiger partial charge in [0.05, 0.1) is 24.7 Å². The summed E-state index contributed by atoms with van der Waals surface area (Å²) in [7, 11) is 0. The zero-order chi connectivity index (χ0) is 30.3. The van der Waals surface area contributed by atoms with Crippen molar-refractivity contribution in [1.82, 2.24) is 15.5 Å².